The van der Waals surface area contributed by atoms with Crippen LogP contribution in [0.1, 0.15) is 39.7 Å². The fourth-order valence-corrected chi connectivity index (χ4v) is 3.05. The third-order valence-electron chi connectivity index (χ3n) is 4.46. The van der Waals surface area contributed by atoms with Crippen molar-refractivity contribution in [2.45, 2.75) is 58.4 Å². The number of likely N-dealkylation sites (tertiary alicyclic amines) is 1. The fourth-order valence-electron chi connectivity index (χ4n) is 3.05. The van der Waals surface area contributed by atoms with Crippen molar-refractivity contribution < 1.29 is 28.7 Å². The van der Waals surface area contributed by atoms with Gasteiger partial charge in [-0.1, -0.05) is 30.3 Å². The molecule has 2 rings (SSSR count). The number of carbonyl (C=O) groups is 4. The molecule has 11 nitrogen and oxygen atoms in total. The van der Waals surface area contributed by atoms with Crippen LogP contribution in [0.25, 0.3) is 0 Å². The van der Waals surface area contributed by atoms with Crippen molar-refractivity contribution in [1.82, 2.24) is 26.4 Å². The molecular weight excluding hydrogens is 418 g/mol. The maximum atomic E-state index is 12.3. The normalized spacial score (nSPS) is 18.2. The Kier molecular flexibility index (Phi) is 8.68. The molecule has 0 aliphatic carbocycles. The Bertz CT molecular complexity index is 811. The summed E-state index contributed by atoms with van der Waals surface area (Å²) in [6.07, 6.45) is -0.948. The molecule has 4 N–H and O–H groups in total. The summed E-state index contributed by atoms with van der Waals surface area (Å²) in [6, 6.07) is 7.59. The van der Waals surface area contributed by atoms with Crippen LogP contribution in [-0.2, 0) is 20.9 Å². The van der Waals surface area contributed by atoms with Gasteiger partial charge in [-0.2, -0.15) is 0 Å². The Morgan fingerprint density at radius 3 is 2.28 bits per heavy atom. The zero-order chi connectivity index (χ0) is 23.7. The zero-order valence-corrected chi connectivity index (χ0v) is 18.8. The Balaban J connectivity index is 1.99. The number of amides is 5. The van der Waals surface area contributed by atoms with E-state index in [2.05, 4.69) is 21.5 Å². The summed E-state index contributed by atoms with van der Waals surface area (Å²) < 4.78 is 10.6. The highest BCUT2D eigenvalue weighted by atomic mass is 16.6. The lowest BCUT2D eigenvalue weighted by atomic mass is 9.99. The summed E-state index contributed by atoms with van der Waals surface area (Å²) in [6.45, 7) is 6.96. The first kappa shape index (κ1) is 24.8. The van der Waals surface area contributed by atoms with Gasteiger partial charge in [0.05, 0.1) is 12.1 Å². The number of alkyl carbamates (subject to hydrolysis) is 2. The molecule has 1 fully saturated rings. The molecule has 1 heterocycles. The van der Waals surface area contributed by atoms with E-state index in [1.807, 2.05) is 30.3 Å². The highest BCUT2D eigenvalue weighted by molar-refractivity contribution is 5.80. The van der Waals surface area contributed by atoms with Crippen LogP contribution in [0.5, 0.6) is 0 Å². The molecule has 0 spiro atoms. The molecule has 2 atom stereocenters. The molecule has 176 valence electrons. The van der Waals surface area contributed by atoms with E-state index in [0.717, 1.165) is 5.56 Å². The van der Waals surface area contributed by atoms with Crippen LogP contribution >= 0.6 is 0 Å². The molecule has 1 aromatic carbocycles. The molecule has 0 saturated carbocycles. The van der Waals surface area contributed by atoms with E-state index in [9.17, 15) is 19.2 Å². The fraction of sp³-hybridized carbons (Fsp3) is 0.524. The van der Waals surface area contributed by atoms with E-state index < -0.39 is 41.8 Å². The molecule has 0 aromatic heterocycles. The van der Waals surface area contributed by atoms with Crippen molar-refractivity contribution in [2.75, 3.05) is 13.1 Å². The average Bonchev–Trinajstić information content (AvgIpc) is 2.71. The van der Waals surface area contributed by atoms with Crippen molar-refractivity contribution in [1.29, 1.82) is 0 Å². The molecule has 1 saturated heterocycles. The van der Waals surface area contributed by atoms with E-state index in [4.69, 9.17) is 9.47 Å². The van der Waals surface area contributed by atoms with Gasteiger partial charge in [0.15, 0.2) is 0 Å². The van der Waals surface area contributed by atoms with E-state index in [1.165, 1.54) is 11.8 Å². The van der Waals surface area contributed by atoms with Crippen molar-refractivity contribution in [3.05, 3.63) is 35.9 Å². The average molecular weight is 450 g/mol. The largest absolute Gasteiger partial charge is 0.445 e. The van der Waals surface area contributed by atoms with Gasteiger partial charge >= 0.3 is 18.2 Å². The van der Waals surface area contributed by atoms with Gasteiger partial charge in [0.25, 0.3) is 0 Å². The van der Waals surface area contributed by atoms with Crippen LogP contribution in [-0.4, -0.2) is 59.8 Å². The smallest absolute Gasteiger partial charge is 0.408 e. The zero-order valence-electron chi connectivity index (χ0n) is 18.8. The maximum Gasteiger partial charge on any atom is 0.408 e. The Hall–Kier alpha value is -3.50. The van der Waals surface area contributed by atoms with E-state index in [1.54, 1.807) is 20.8 Å². The maximum absolute atomic E-state index is 12.3. The Morgan fingerprint density at radius 2 is 1.66 bits per heavy atom. The monoisotopic (exact) mass is 449 g/mol. The van der Waals surface area contributed by atoms with Gasteiger partial charge in [0, 0.05) is 20.0 Å². The Morgan fingerprint density at radius 1 is 1.00 bits per heavy atom. The third-order valence-corrected chi connectivity index (χ3v) is 4.46. The summed E-state index contributed by atoms with van der Waals surface area (Å²) in [7, 11) is 0. The molecule has 11 heteroatoms. The summed E-state index contributed by atoms with van der Waals surface area (Å²) in [5.74, 6) is -0.417. The van der Waals surface area contributed by atoms with Crippen LogP contribution in [0.2, 0.25) is 0 Å². The molecule has 0 bridgehead atoms. The lowest BCUT2D eigenvalue weighted by Crippen LogP contribution is -2.63. The summed E-state index contributed by atoms with van der Waals surface area (Å²) in [5, 5.41) is 5.47. The number of nitrogens with zero attached hydrogens (tertiary/aromatic N) is 1. The first-order valence-electron chi connectivity index (χ1n) is 10.3. The lowest BCUT2D eigenvalue weighted by molar-refractivity contribution is -0.119. The van der Waals surface area contributed by atoms with Gasteiger partial charge < -0.3 is 25.0 Å². The number of urea groups is 1. The number of benzene rings is 1. The van der Waals surface area contributed by atoms with Crippen molar-refractivity contribution in [3.8, 4) is 0 Å². The standard InChI is InChI=1S/C21H31N5O6/c1-14(27)24-25-18(28)26-11-10-16(17(12-26)23-20(30)32-21(2,3)4)22-19(29)31-13-15-8-6-5-7-9-15/h5-9,16-17H,10-13H2,1-4H3,(H,22,29)(H,23,30)(H,24,27)(H,25,28)/t16-,17+/m0/s1. The SMILES string of the molecule is CC(=O)NNC(=O)N1CC[C@H](NC(=O)OCc2ccccc2)[C@H](NC(=O)OC(C)(C)C)C1. The molecule has 0 radical (unpaired) electrons. The van der Waals surface area contributed by atoms with Crippen LogP contribution < -0.4 is 21.5 Å². The molecule has 1 aromatic rings. The third kappa shape index (κ3) is 8.70. The number of piperidine rings is 1. The predicted octanol–water partition coefficient (Wildman–Crippen LogP) is 1.64. The van der Waals surface area contributed by atoms with Crippen molar-refractivity contribution in [2.24, 2.45) is 0 Å². The van der Waals surface area contributed by atoms with Gasteiger partial charge in [-0.05, 0) is 32.8 Å². The number of carbonyl (C=O) groups excluding carboxylic acids is 4. The van der Waals surface area contributed by atoms with Crippen LogP contribution in [0.4, 0.5) is 14.4 Å². The number of ether oxygens (including phenoxy) is 2. The number of hydrogen-bond donors (Lipinski definition) is 4. The van der Waals surface area contributed by atoms with Gasteiger partial charge in [-0.15, -0.1) is 0 Å². The van der Waals surface area contributed by atoms with Crippen LogP contribution in [0.3, 0.4) is 0 Å². The number of hydrazine groups is 1. The second-order valence-electron chi connectivity index (χ2n) is 8.41. The number of hydrogen-bond acceptors (Lipinski definition) is 6. The molecule has 1 aliphatic heterocycles. The molecule has 5 amide bonds. The first-order valence-corrected chi connectivity index (χ1v) is 10.3. The van der Waals surface area contributed by atoms with Gasteiger partial charge in [0.1, 0.15) is 12.2 Å². The molecule has 1 aliphatic rings. The van der Waals surface area contributed by atoms with Crippen LogP contribution in [0.15, 0.2) is 30.3 Å². The lowest BCUT2D eigenvalue weighted by Gasteiger charge is -2.38. The second-order valence-corrected chi connectivity index (χ2v) is 8.41. The summed E-state index contributed by atoms with van der Waals surface area (Å²) in [5.41, 5.74) is 4.65. The van der Waals surface area contributed by atoms with Gasteiger partial charge in [-0.3, -0.25) is 10.2 Å². The van der Waals surface area contributed by atoms with Crippen molar-refractivity contribution >= 4 is 24.1 Å². The highest BCUT2D eigenvalue weighted by Gasteiger charge is 2.35. The van der Waals surface area contributed by atoms with Gasteiger partial charge in [0.2, 0.25) is 5.91 Å². The van der Waals surface area contributed by atoms with E-state index in [0.29, 0.717) is 13.0 Å². The number of nitrogens with one attached hydrogen (secondary N) is 4. The highest BCUT2D eigenvalue weighted by Crippen LogP contribution is 2.14. The quantitative estimate of drug-likeness (QED) is 0.516. The topological polar surface area (TPSA) is 138 Å². The minimum absolute atomic E-state index is 0.0916. The minimum Gasteiger partial charge on any atom is -0.445 e. The summed E-state index contributed by atoms with van der Waals surface area (Å²) in [4.78, 5) is 49.4. The molecule has 0 unspecified atom stereocenters. The Labute approximate surface area is 187 Å². The van der Waals surface area contributed by atoms with E-state index in [-0.39, 0.29) is 13.2 Å². The molecule has 32 heavy (non-hydrogen) atoms. The van der Waals surface area contributed by atoms with Gasteiger partial charge in [-0.25, -0.2) is 19.8 Å². The number of rotatable bonds is 4. The predicted molar refractivity (Wildman–Crippen MR) is 115 cm³/mol. The molecular formula is C21H31N5O6. The summed E-state index contributed by atoms with van der Waals surface area (Å²) >= 11 is 0. The second kappa shape index (κ2) is 11.2. The van der Waals surface area contributed by atoms with E-state index >= 15 is 0 Å². The van der Waals surface area contributed by atoms with Crippen molar-refractivity contribution in [3.63, 3.8) is 0 Å². The first-order chi connectivity index (χ1) is 15.0. The minimum atomic E-state index is -0.710. The van der Waals surface area contributed by atoms with Crippen LogP contribution in [0, 0.1) is 0 Å².